The molecular formula is C22H27ClN4O3. The van der Waals surface area contributed by atoms with Gasteiger partial charge in [0.2, 0.25) is 5.91 Å². The van der Waals surface area contributed by atoms with Crippen molar-refractivity contribution in [3.63, 3.8) is 0 Å². The molecule has 0 saturated carbocycles. The second-order valence-electron chi connectivity index (χ2n) is 7.84. The smallest absolute Gasteiger partial charge is 0.272 e. The topological polar surface area (TPSA) is 67.7 Å². The van der Waals surface area contributed by atoms with Crippen molar-refractivity contribution in [2.75, 3.05) is 39.4 Å². The van der Waals surface area contributed by atoms with Gasteiger partial charge < -0.3 is 14.5 Å². The Morgan fingerprint density at radius 3 is 2.67 bits per heavy atom. The average Bonchev–Trinajstić information content (AvgIpc) is 3.22. The Balaban J connectivity index is 1.58. The second-order valence-corrected chi connectivity index (χ2v) is 8.28. The summed E-state index contributed by atoms with van der Waals surface area (Å²) in [7, 11) is 0. The molecule has 2 aliphatic heterocycles. The number of carbonyl (C=O) groups is 2. The van der Waals surface area contributed by atoms with Gasteiger partial charge >= 0.3 is 0 Å². The Labute approximate surface area is 181 Å². The minimum Gasteiger partial charge on any atom is -0.378 e. The molecule has 2 aliphatic rings. The highest BCUT2D eigenvalue weighted by Crippen LogP contribution is 2.29. The van der Waals surface area contributed by atoms with Crippen LogP contribution in [-0.2, 0) is 9.53 Å². The number of hydrogen-bond acceptors (Lipinski definition) is 4. The first kappa shape index (κ1) is 20.9. The number of benzene rings is 1. The lowest BCUT2D eigenvalue weighted by Gasteiger charge is -2.35. The number of carbonyl (C=O) groups excluding carboxylic acids is 2. The lowest BCUT2D eigenvalue weighted by molar-refractivity contribution is -0.136. The number of hydrogen-bond donors (Lipinski definition) is 0. The van der Waals surface area contributed by atoms with Gasteiger partial charge in [0.15, 0.2) is 0 Å². The number of ether oxygens (including phenoxy) is 1. The molecule has 3 heterocycles. The van der Waals surface area contributed by atoms with Crippen molar-refractivity contribution in [1.82, 2.24) is 19.6 Å². The molecule has 30 heavy (non-hydrogen) atoms. The van der Waals surface area contributed by atoms with Crippen LogP contribution in [0.3, 0.4) is 0 Å². The lowest BCUT2D eigenvalue weighted by atomic mass is 10.1. The fourth-order valence-corrected chi connectivity index (χ4v) is 4.16. The monoisotopic (exact) mass is 430 g/mol. The van der Waals surface area contributed by atoms with Gasteiger partial charge in [0.05, 0.1) is 24.9 Å². The van der Waals surface area contributed by atoms with Crippen LogP contribution in [0.15, 0.2) is 30.3 Å². The maximum atomic E-state index is 13.2. The van der Waals surface area contributed by atoms with Gasteiger partial charge in [0, 0.05) is 30.2 Å². The summed E-state index contributed by atoms with van der Waals surface area (Å²) in [6, 6.07) is 9.34. The van der Waals surface area contributed by atoms with Gasteiger partial charge in [-0.3, -0.25) is 14.3 Å². The lowest BCUT2D eigenvalue weighted by Crippen LogP contribution is -2.50. The molecule has 1 atom stereocenters. The first-order valence-corrected chi connectivity index (χ1v) is 10.9. The SMILES string of the molecule is CCCCC1CN(CC(=O)N2CCOCC2)C(=O)c2cc(-c3ccc(Cl)cc3)nn21. The zero-order valence-corrected chi connectivity index (χ0v) is 18.0. The summed E-state index contributed by atoms with van der Waals surface area (Å²) in [5.41, 5.74) is 2.21. The summed E-state index contributed by atoms with van der Waals surface area (Å²) in [6.45, 7) is 5.02. The van der Waals surface area contributed by atoms with Gasteiger partial charge in [-0.15, -0.1) is 0 Å². The molecule has 1 aromatic heterocycles. The number of amides is 2. The molecule has 160 valence electrons. The molecule has 2 aromatic rings. The zero-order valence-electron chi connectivity index (χ0n) is 17.2. The molecule has 0 radical (unpaired) electrons. The predicted octanol–water partition coefficient (Wildman–Crippen LogP) is 3.25. The Morgan fingerprint density at radius 1 is 1.23 bits per heavy atom. The van der Waals surface area contributed by atoms with Crippen LogP contribution in [0.25, 0.3) is 11.3 Å². The minimum atomic E-state index is -0.142. The van der Waals surface area contributed by atoms with Crippen LogP contribution < -0.4 is 0 Å². The highest BCUT2D eigenvalue weighted by Gasteiger charge is 2.34. The van der Waals surface area contributed by atoms with E-state index in [1.54, 1.807) is 9.80 Å². The molecular weight excluding hydrogens is 404 g/mol. The van der Waals surface area contributed by atoms with Crippen LogP contribution in [0, 0.1) is 0 Å². The Bertz CT molecular complexity index is 906. The summed E-state index contributed by atoms with van der Waals surface area (Å²) in [5, 5.41) is 5.41. The second kappa shape index (κ2) is 9.18. The van der Waals surface area contributed by atoms with Crippen LogP contribution >= 0.6 is 11.6 Å². The highest BCUT2D eigenvalue weighted by molar-refractivity contribution is 6.30. The molecule has 1 saturated heterocycles. The van der Waals surface area contributed by atoms with Crippen LogP contribution in [0.1, 0.15) is 42.7 Å². The normalized spacial score (nSPS) is 19.1. The molecule has 0 spiro atoms. The van der Waals surface area contributed by atoms with E-state index in [4.69, 9.17) is 21.4 Å². The molecule has 7 nitrogen and oxygen atoms in total. The number of unbranched alkanes of at least 4 members (excludes halogenated alkanes) is 1. The number of morpholine rings is 1. The minimum absolute atomic E-state index is 0.0215. The third-order valence-electron chi connectivity index (χ3n) is 5.74. The quantitative estimate of drug-likeness (QED) is 0.705. The average molecular weight is 431 g/mol. The van der Waals surface area contributed by atoms with Crippen molar-refractivity contribution in [3.05, 3.63) is 41.0 Å². The van der Waals surface area contributed by atoms with Gasteiger partial charge in [-0.25, -0.2) is 0 Å². The van der Waals surface area contributed by atoms with Crippen molar-refractivity contribution < 1.29 is 14.3 Å². The number of rotatable bonds is 6. The van der Waals surface area contributed by atoms with Crippen molar-refractivity contribution in [2.24, 2.45) is 0 Å². The third-order valence-corrected chi connectivity index (χ3v) is 5.99. The van der Waals surface area contributed by atoms with Crippen LogP contribution in [0.2, 0.25) is 5.02 Å². The zero-order chi connectivity index (χ0) is 21.1. The maximum Gasteiger partial charge on any atom is 0.272 e. The van der Waals surface area contributed by atoms with Crippen LogP contribution in [0.4, 0.5) is 0 Å². The van der Waals surface area contributed by atoms with E-state index in [1.807, 2.05) is 35.0 Å². The van der Waals surface area contributed by atoms with Crippen molar-refractivity contribution in [3.8, 4) is 11.3 Å². The molecule has 8 heteroatoms. The molecule has 4 rings (SSSR count). The van der Waals surface area contributed by atoms with Crippen molar-refractivity contribution in [1.29, 1.82) is 0 Å². The Morgan fingerprint density at radius 2 is 1.97 bits per heavy atom. The summed E-state index contributed by atoms with van der Waals surface area (Å²) < 4.78 is 7.19. The van der Waals surface area contributed by atoms with Crippen LogP contribution in [-0.4, -0.2) is 70.8 Å². The molecule has 1 unspecified atom stereocenters. The van der Waals surface area contributed by atoms with Crippen LogP contribution in [0.5, 0.6) is 0 Å². The van der Waals surface area contributed by atoms with Gasteiger partial charge in [-0.05, 0) is 24.6 Å². The first-order valence-electron chi connectivity index (χ1n) is 10.6. The molecule has 0 N–H and O–H groups in total. The largest absolute Gasteiger partial charge is 0.378 e. The van der Waals surface area contributed by atoms with Gasteiger partial charge in [-0.1, -0.05) is 43.5 Å². The van der Waals surface area contributed by atoms with E-state index in [1.165, 1.54) is 0 Å². The molecule has 2 amide bonds. The van der Waals surface area contributed by atoms with E-state index in [-0.39, 0.29) is 24.4 Å². The number of halogens is 1. The Hall–Kier alpha value is -2.38. The summed E-state index contributed by atoms with van der Waals surface area (Å²) in [4.78, 5) is 29.4. The molecule has 1 fully saturated rings. The van der Waals surface area contributed by atoms with E-state index in [0.29, 0.717) is 43.6 Å². The van der Waals surface area contributed by atoms with Gasteiger partial charge in [-0.2, -0.15) is 5.10 Å². The van der Waals surface area contributed by atoms with Gasteiger partial charge in [0.1, 0.15) is 12.2 Å². The van der Waals surface area contributed by atoms with E-state index in [2.05, 4.69) is 6.92 Å². The predicted molar refractivity (Wildman–Crippen MR) is 115 cm³/mol. The fraction of sp³-hybridized carbons (Fsp3) is 0.500. The number of fused-ring (bicyclic) bond motifs is 1. The molecule has 0 bridgehead atoms. The Kier molecular flexibility index (Phi) is 6.39. The number of nitrogens with zero attached hydrogens (tertiary/aromatic N) is 4. The van der Waals surface area contributed by atoms with E-state index in [0.717, 1.165) is 30.5 Å². The summed E-state index contributed by atoms with van der Waals surface area (Å²) in [5.74, 6) is -0.163. The molecule has 0 aliphatic carbocycles. The van der Waals surface area contributed by atoms with Crippen molar-refractivity contribution >= 4 is 23.4 Å². The van der Waals surface area contributed by atoms with Gasteiger partial charge in [0.25, 0.3) is 5.91 Å². The first-order chi connectivity index (χ1) is 14.6. The van der Waals surface area contributed by atoms with E-state index in [9.17, 15) is 9.59 Å². The standard InChI is InChI=1S/C22H27ClN4O3/c1-2-3-4-18-14-26(15-21(28)25-9-11-30-12-10-25)22(29)20-13-19(24-27(18)20)16-5-7-17(23)8-6-16/h5-8,13,18H,2-4,9-12,14-15H2,1H3. The van der Waals surface area contributed by atoms with Crippen molar-refractivity contribution in [2.45, 2.75) is 32.2 Å². The third kappa shape index (κ3) is 4.37. The highest BCUT2D eigenvalue weighted by atomic mass is 35.5. The maximum absolute atomic E-state index is 13.2. The fourth-order valence-electron chi connectivity index (χ4n) is 4.04. The summed E-state index contributed by atoms with van der Waals surface area (Å²) in [6.07, 6.45) is 3.03. The molecule has 1 aromatic carbocycles. The van der Waals surface area contributed by atoms with E-state index >= 15 is 0 Å². The van der Waals surface area contributed by atoms with E-state index < -0.39 is 0 Å². The summed E-state index contributed by atoms with van der Waals surface area (Å²) >= 11 is 6.01. The number of aromatic nitrogens is 2.